The highest BCUT2D eigenvalue weighted by molar-refractivity contribution is 5.94. The van der Waals surface area contributed by atoms with Crippen LogP contribution in [0.4, 0.5) is 0 Å². The Morgan fingerprint density at radius 2 is 1.83 bits per heavy atom. The van der Waals surface area contributed by atoms with Crippen molar-refractivity contribution in [3.63, 3.8) is 0 Å². The van der Waals surface area contributed by atoms with E-state index in [1.165, 1.54) is 38.8 Å². The quantitative estimate of drug-likeness (QED) is 0.345. The number of hydrogen-bond donors (Lipinski definition) is 3. The Morgan fingerprint density at radius 3 is 2.50 bits per heavy atom. The monoisotopic (exact) mass is 415 g/mol. The van der Waals surface area contributed by atoms with Crippen LogP contribution in [0.3, 0.4) is 0 Å². The molecule has 2 rings (SSSR count). The van der Waals surface area contributed by atoms with E-state index >= 15 is 0 Å². The zero-order valence-corrected chi connectivity index (χ0v) is 19.4. The van der Waals surface area contributed by atoms with Crippen LogP contribution < -0.4 is 16.0 Å². The fourth-order valence-corrected chi connectivity index (χ4v) is 3.61. The van der Waals surface area contributed by atoms with Crippen molar-refractivity contribution in [3.05, 3.63) is 35.4 Å². The van der Waals surface area contributed by atoms with Crippen molar-refractivity contribution in [3.8, 4) is 0 Å². The number of benzene rings is 1. The third-order valence-electron chi connectivity index (χ3n) is 5.08. The molecule has 30 heavy (non-hydrogen) atoms. The lowest BCUT2D eigenvalue weighted by Crippen LogP contribution is -2.40. The topological polar surface area (TPSA) is 68.8 Å². The summed E-state index contributed by atoms with van der Waals surface area (Å²) in [5, 5.41) is 9.77. The molecule has 168 valence electrons. The second kappa shape index (κ2) is 12.6. The number of rotatable bonds is 8. The number of nitrogens with zero attached hydrogens (tertiary/aromatic N) is 2. The molecule has 6 heteroatoms. The summed E-state index contributed by atoms with van der Waals surface area (Å²) in [6.45, 7) is 13.9. The maximum Gasteiger partial charge on any atom is 0.251 e. The molecule has 1 aliphatic heterocycles. The van der Waals surface area contributed by atoms with Crippen LogP contribution in [-0.4, -0.2) is 55.0 Å². The molecule has 0 atom stereocenters. The predicted octanol–water partition coefficient (Wildman–Crippen LogP) is 3.54. The molecule has 1 saturated heterocycles. The van der Waals surface area contributed by atoms with Gasteiger partial charge in [0.2, 0.25) is 0 Å². The van der Waals surface area contributed by atoms with E-state index in [-0.39, 0.29) is 11.4 Å². The number of aliphatic imine (C=N–C) groups is 1. The van der Waals surface area contributed by atoms with Gasteiger partial charge < -0.3 is 20.9 Å². The van der Waals surface area contributed by atoms with Gasteiger partial charge in [0.15, 0.2) is 5.96 Å². The van der Waals surface area contributed by atoms with Gasteiger partial charge in [0, 0.05) is 24.2 Å². The Balaban J connectivity index is 1.84. The minimum Gasteiger partial charge on any atom is -0.357 e. The fraction of sp³-hybridized carbons (Fsp3) is 0.667. The average Bonchev–Trinajstić information content (AvgIpc) is 2.97. The van der Waals surface area contributed by atoms with E-state index < -0.39 is 0 Å². The molecular weight excluding hydrogens is 374 g/mol. The molecule has 0 radical (unpaired) electrons. The fourth-order valence-electron chi connectivity index (χ4n) is 3.61. The SMILES string of the molecule is CCNC(=NCc1cccc(C(=O)NC(C)(C)C)c1)NCCCN1CCCCCC1. The molecule has 0 bridgehead atoms. The average molecular weight is 416 g/mol. The van der Waals surface area contributed by atoms with Gasteiger partial charge in [0.25, 0.3) is 5.91 Å². The minimum atomic E-state index is -0.249. The number of amides is 1. The Kier molecular flexibility index (Phi) is 10.1. The van der Waals surface area contributed by atoms with Crippen LogP contribution >= 0.6 is 0 Å². The first kappa shape index (κ1) is 24.2. The molecule has 1 fully saturated rings. The second-order valence-electron chi connectivity index (χ2n) is 9.14. The minimum absolute atomic E-state index is 0.0492. The van der Waals surface area contributed by atoms with E-state index in [0.29, 0.717) is 12.1 Å². The van der Waals surface area contributed by atoms with Gasteiger partial charge in [-0.1, -0.05) is 25.0 Å². The van der Waals surface area contributed by atoms with Crippen molar-refractivity contribution in [2.45, 2.75) is 71.9 Å². The lowest BCUT2D eigenvalue weighted by atomic mass is 10.1. The van der Waals surface area contributed by atoms with Crippen molar-refractivity contribution in [2.24, 2.45) is 4.99 Å². The number of carbonyl (C=O) groups is 1. The molecule has 1 aliphatic rings. The number of hydrogen-bond acceptors (Lipinski definition) is 3. The van der Waals surface area contributed by atoms with Gasteiger partial charge in [0.1, 0.15) is 0 Å². The van der Waals surface area contributed by atoms with E-state index in [1.807, 2.05) is 45.0 Å². The lowest BCUT2D eigenvalue weighted by molar-refractivity contribution is 0.0919. The van der Waals surface area contributed by atoms with Crippen LogP contribution in [0.5, 0.6) is 0 Å². The summed E-state index contributed by atoms with van der Waals surface area (Å²) in [6.07, 6.45) is 6.55. The highest BCUT2D eigenvalue weighted by Gasteiger charge is 2.15. The molecule has 3 N–H and O–H groups in total. The largest absolute Gasteiger partial charge is 0.357 e. The summed E-state index contributed by atoms with van der Waals surface area (Å²) >= 11 is 0. The Bertz CT molecular complexity index is 672. The Morgan fingerprint density at radius 1 is 1.10 bits per heavy atom. The number of guanidine groups is 1. The standard InChI is InChI=1S/C24H41N5O/c1-5-25-23(26-14-11-17-29-15-8-6-7-9-16-29)27-19-20-12-10-13-21(18-20)22(30)28-24(2,3)4/h10,12-13,18H,5-9,11,14-17,19H2,1-4H3,(H,28,30)(H2,25,26,27). The van der Waals surface area contributed by atoms with E-state index in [4.69, 9.17) is 4.99 Å². The second-order valence-corrected chi connectivity index (χ2v) is 9.14. The first-order valence-corrected chi connectivity index (χ1v) is 11.5. The summed E-state index contributed by atoms with van der Waals surface area (Å²) in [4.78, 5) is 19.7. The Labute approximate surface area is 182 Å². The summed E-state index contributed by atoms with van der Waals surface area (Å²) in [5.74, 6) is 0.782. The van der Waals surface area contributed by atoms with Crippen LogP contribution in [-0.2, 0) is 6.54 Å². The molecule has 0 spiro atoms. The molecule has 1 aromatic carbocycles. The lowest BCUT2D eigenvalue weighted by Gasteiger charge is -2.20. The maximum atomic E-state index is 12.4. The Hall–Kier alpha value is -2.08. The zero-order valence-electron chi connectivity index (χ0n) is 19.4. The summed E-state index contributed by atoms with van der Waals surface area (Å²) in [7, 11) is 0. The zero-order chi connectivity index (χ0) is 21.8. The maximum absolute atomic E-state index is 12.4. The van der Waals surface area contributed by atoms with Gasteiger partial charge in [-0.3, -0.25) is 4.79 Å². The smallest absolute Gasteiger partial charge is 0.251 e. The highest BCUT2D eigenvalue weighted by atomic mass is 16.1. The van der Waals surface area contributed by atoms with Crippen molar-refractivity contribution < 1.29 is 4.79 Å². The van der Waals surface area contributed by atoms with Crippen LogP contribution in [0.2, 0.25) is 0 Å². The van der Waals surface area contributed by atoms with Gasteiger partial charge in [-0.05, 0) is 84.3 Å². The van der Waals surface area contributed by atoms with E-state index in [2.05, 4.69) is 27.8 Å². The first-order chi connectivity index (χ1) is 14.4. The molecule has 0 aromatic heterocycles. The van der Waals surface area contributed by atoms with Crippen LogP contribution in [0.25, 0.3) is 0 Å². The van der Waals surface area contributed by atoms with Crippen LogP contribution in [0.15, 0.2) is 29.3 Å². The molecule has 0 unspecified atom stereocenters. The normalized spacial score (nSPS) is 16.1. The van der Waals surface area contributed by atoms with E-state index in [1.54, 1.807) is 0 Å². The van der Waals surface area contributed by atoms with Crippen LogP contribution in [0.1, 0.15) is 75.7 Å². The summed E-state index contributed by atoms with van der Waals surface area (Å²) in [6, 6.07) is 7.71. The molecule has 0 saturated carbocycles. The van der Waals surface area contributed by atoms with E-state index in [9.17, 15) is 4.79 Å². The molecule has 1 aromatic rings. The predicted molar refractivity (Wildman–Crippen MR) is 126 cm³/mol. The summed E-state index contributed by atoms with van der Waals surface area (Å²) in [5.41, 5.74) is 1.45. The van der Waals surface area contributed by atoms with Crippen molar-refractivity contribution >= 4 is 11.9 Å². The van der Waals surface area contributed by atoms with Gasteiger partial charge in [-0.2, -0.15) is 0 Å². The molecule has 6 nitrogen and oxygen atoms in total. The van der Waals surface area contributed by atoms with E-state index in [0.717, 1.165) is 37.6 Å². The third-order valence-corrected chi connectivity index (χ3v) is 5.08. The van der Waals surface area contributed by atoms with Gasteiger partial charge in [0.05, 0.1) is 6.54 Å². The number of likely N-dealkylation sites (tertiary alicyclic amines) is 1. The number of carbonyl (C=O) groups excluding carboxylic acids is 1. The van der Waals surface area contributed by atoms with Gasteiger partial charge >= 0.3 is 0 Å². The van der Waals surface area contributed by atoms with Crippen molar-refractivity contribution in [1.29, 1.82) is 0 Å². The number of nitrogens with one attached hydrogen (secondary N) is 3. The van der Waals surface area contributed by atoms with Gasteiger partial charge in [-0.15, -0.1) is 0 Å². The van der Waals surface area contributed by atoms with Crippen molar-refractivity contribution in [2.75, 3.05) is 32.7 Å². The molecule has 1 heterocycles. The van der Waals surface area contributed by atoms with Crippen LogP contribution in [0, 0.1) is 0 Å². The third kappa shape index (κ3) is 9.61. The van der Waals surface area contributed by atoms with Gasteiger partial charge in [-0.25, -0.2) is 4.99 Å². The summed E-state index contributed by atoms with van der Waals surface area (Å²) < 4.78 is 0. The molecular formula is C24H41N5O. The molecule has 1 amide bonds. The molecule has 0 aliphatic carbocycles. The first-order valence-electron chi connectivity index (χ1n) is 11.5. The highest BCUT2D eigenvalue weighted by Crippen LogP contribution is 2.10. The van der Waals surface area contributed by atoms with Crippen molar-refractivity contribution in [1.82, 2.24) is 20.9 Å².